The number of fused-ring (bicyclic) bond motifs is 1. The van der Waals surface area contributed by atoms with Crippen molar-refractivity contribution in [3.8, 4) is 5.75 Å². The van der Waals surface area contributed by atoms with Crippen molar-refractivity contribution in [3.63, 3.8) is 0 Å². The van der Waals surface area contributed by atoms with Crippen LogP contribution in [0.3, 0.4) is 0 Å². The van der Waals surface area contributed by atoms with Crippen LogP contribution in [0.5, 0.6) is 5.75 Å². The van der Waals surface area contributed by atoms with Crippen LogP contribution in [0.25, 0.3) is 10.3 Å². The average molecular weight is 431 g/mol. The van der Waals surface area contributed by atoms with Crippen molar-refractivity contribution in [2.45, 2.75) is 6.61 Å². The second-order valence-corrected chi connectivity index (χ2v) is 8.36. The van der Waals surface area contributed by atoms with E-state index in [0.29, 0.717) is 25.3 Å². The summed E-state index contributed by atoms with van der Waals surface area (Å²) >= 11 is 1.60. The van der Waals surface area contributed by atoms with Gasteiger partial charge in [-0.2, -0.15) is 0 Å². The van der Waals surface area contributed by atoms with E-state index in [0.717, 1.165) is 39.9 Å². The molecule has 6 nitrogen and oxygen atoms in total. The molecule has 3 heterocycles. The van der Waals surface area contributed by atoms with Crippen molar-refractivity contribution < 1.29 is 9.53 Å². The summed E-state index contributed by atoms with van der Waals surface area (Å²) in [6, 6.07) is 21.3. The van der Waals surface area contributed by atoms with Gasteiger partial charge < -0.3 is 14.5 Å². The van der Waals surface area contributed by atoms with Gasteiger partial charge in [-0.15, -0.1) is 0 Å². The summed E-state index contributed by atoms with van der Waals surface area (Å²) < 4.78 is 5.82. The van der Waals surface area contributed by atoms with Gasteiger partial charge in [0.2, 0.25) is 0 Å². The number of nitrogens with zero attached hydrogens (tertiary/aromatic N) is 4. The molecule has 0 bridgehead atoms. The zero-order valence-corrected chi connectivity index (χ0v) is 17.8. The average Bonchev–Trinajstić information content (AvgIpc) is 3.28. The van der Waals surface area contributed by atoms with Crippen molar-refractivity contribution >= 4 is 32.7 Å². The third-order valence-corrected chi connectivity index (χ3v) is 6.38. The first-order valence-electron chi connectivity index (χ1n) is 10.3. The highest BCUT2D eigenvalue weighted by Gasteiger charge is 2.24. The fraction of sp³-hybridized carbons (Fsp3) is 0.208. The zero-order chi connectivity index (χ0) is 21.0. The minimum atomic E-state index is 0.0558. The number of hydrogen-bond acceptors (Lipinski definition) is 6. The molecule has 1 saturated heterocycles. The summed E-state index contributed by atoms with van der Waals surface area (Å²) in [6.07, 6.45) is 1.79. The van der Waals surface area contributed by atoms with Crippen LogP contribution in [0, 0.1) is 0 Å². The monoisotopic (exact) mass is 430 g/mol. The summed E-state index contributed by atoms with van der Waals surface area (Å²) in [5, 5.41) is 0.973. The van der Waals surface area contributed by atoms with E-state index in [1.807, 2.05) is 71.6 Å². The molecule has 0 aliphatic carbocycles. The van der Waals surface area contributed by atoms with E-state index in [1.54, 1.807) is 17.5 Å². The molecule has 0 N–H and O–H groups in total. The predicted octanol–water partition coefficient (Wildman–Crippen LogP) is 4.23. The number of pyridine rings is 1. The summed E-state index contributed by atoms with van der Waals surface area (Å²) in [6.45, 7) is 3.40. The lowest BCUT2D eigenvalue weighted by atomic mass is 10.1. The molecule has 1 aliphatic heterocycles. The highest BCUT2D eigenvalue weighted by atomic mass is 32.1. The quantitative estimate of drug-likeness (QED) is 0.474. The van der Waals surface area contributed by atoms with Gasteiger partial charge in [0.1, 0.15) is 22.7 Å². The van der Waals surface area contributed by atoms with Gasteiger partial charge in [0, 0.05) is 37.9 Å². The van der Waals surface area contributed by atoms with Gasteiger partial charge in [0.15, 0.2) is 5.13 Å². The molecular formula is C24H22N4O2S. The summed E-state index contributed by atoms with van der Waals surface area (Å²) in [5.41, 5.74) is 2.73. The van der Waals surface area contributed by atoms with E-state index in [1.165, 1.54) is 0 Å². The molecule has 5 rings (SSSR count). The standard InChI is InChI=1S/C24H22N4O2S/c29-23(19-8-10-20(11-9-19)30-17-18-5-2-1-3-6-18)27-13-15-28(16-14-27)24-26-21-7-4-12-25-22(21)31-24/h1-12H,13-17H2. The van der Waals surface area contributed by atoms with Crippen molar-refractivity contribution in [1.82, 2.24) is 14.9 Å². The van der Waals surface area contributed by atoms with Gasteiger partial charge >= 0.3 is 0 Å². The van der Waals surface area contributed by atoms with E-state index in [9.17, 15) is 4.79 Å². The van der Waals surface area contributed by atoms with Gasteiger partial charge in [-0.1, -0.05) is 41.7 Å². The second kappa shape index (κ2) is 8.73. The Hall–Kier alpha value is -3.45. The zero-order valence-electron chi connectivity index (χ0n) is 17.0. The Labute approximate surface area is 184 Å². The second-order valence-electron chi connectivity index (χ2n) is 7.40. The molecule has 0 spiro atoms. The van der Waals surface area contributed by atoms with Gasteiger partial charge in [-0.25, -0.2) is 9.97 Å². The largest absolute Gasteiger partial charge is 0.489 e. The van der Waals surface area contributed by atoms with E-state index in [-0.39, 0.29) is 5.91 Å². The Kier molecular flexibility index (Phi) is 5.50. The maximum Gasteiger partial charge on any atom is 0.253 e. The number of anilines is 1. The molecule has 1 aliphatic rings. The number of ether oxygens (including phenoxy) is 1. The Balaban J connectivity index is 1.17. The Morgan fingerprint density at radius 2 is 1.71 bits per heavy atom. The summed E-state index contributed by atoms with van der Waals surface area (Å²) in [5.74, 6) is 0.815. The van der Waals surface area contributed by atoms with Crippen LogP contribution in [0.4, 0.5) is 5.13 Å². The maximum absolute atomic E-state index is 12.9. The molecule has 7 heteroatoms. The van der Waals surface area contributed by atoms with E-state index in [4.69, 9.17) is 4.74 Å². The molecule has 2 aromatic carbocycles. The van der Waals surface area contributed by atoms with Gasteiger partial charge in [0.25, 0.3) is 5.91 Å². The molecule has 1 amide bonds. The number of carbonyl (C=O) groups is 1. The highest BCUT2D eigenvalue weighted by molar-refractivity contribution is 7.21. The minimum Gasteiger partial charge on any atom is -0.489 e. The van der Waals surface area contributed by atoms with Crippen LogP contribution in [0.15, 0.2) is 72.9 Å². The topological polar surface area (TPSA) is 58.6 Å². The Morgan fingerprint density at radius 3 is 2.45 bits per heavy atom. The first-order chi connectivity index (χ1) is 15.3. The number of thiazole rings is 1. The molecule has 2 aromatic heterocycles. The van der Waals surface area contributed by atoms with Crippen LogP contribution < -0.4 is 9.64 Å². The lowest BCUT2D eigenvalue weighted by Gasteiger charge is -2.34. The lowest BCUT2D eigenvalue weighted by molar-refractivity contribution is 0.0746. The number of rotatable bonds is 5. The number of aromatic nitrogens is 2. The molecule has 0 atom stereocenters. The van der Waals surface area contributed by atoms with Crippen LogP contribution in [-0.4, -0.2) is 47.0 Å². The van der Waals surface area contributed by atoms with E-state index in [2.05, 4.69) is 14.9 Å². The van der Waals surface area contributed by atoms with Crippen molar-refractivity contribution in [2.24, 2.45) is 0 Å². The molecule has 1 fully saturated rings. The van der Waals surface area contributed by atoms with Crippen LogP contribution in [-0.2, 0) is 6.61 Å². The third kappa shape index (κ3) is 4.36. The van der Waals surface area contributed by atoms with Crippen LogP contribution in [0.2, 0.25) is 0 Å². The van der Waals surface area contributed by atoms with Crippen molar-refractivity contribution in [1.29, 1.82) is 0 Å². The van der Waals surface area contributed by atoms with E-state index < -0.39 is 0 Å². The molecule has 156 valence electrons. The fourth-order valence-corrected chi connectivity index (χ4v) is 4.57. The molecule has 4 aromatic rings. The molecule has 31 heavy (non-hydrogen) atoms. The highest BCUT2D eigenvalue weighted by Crippen LogP contribution is 2.28. The van der Waals surface area contributed by atoms with Crippen LogP contribution in [0.1, 0.15) is 15.9 Å². The third-order valence-electron chi connectivity index (χ3n) is 5.34. The smallest absolute Gasteiger partial charge is 0.253 e. The Bertz CT molecular complexity index is 1140. The number of amides is 1. The number of benzene rings is 2. The Morgan fingerprint density at radius 1 is 0.935 bits per heavy atom. The minimum absolute atomic E-state index is 0.0558. The first kappa shape index (κ1) is 19.5. The molecule has 0 radical (unpaired) electrons. The first-order valence-corrected chi connectivity index (χ1v) is 11.1. The summed E-state index contributed by atoms with van der Waals surface area (Å²) in [7, 11) is 0. The lowest BCUT2D eigenvalue weighted by Crippen LogP contribution is -2.48. The predicted molar refractivity (Wildman–Crippen MR) is 123 cm³/mol. The van der Waals surface area contributed by atoms with Gasteiger partial charge in [-0.05, 0) is 42.0 Å². The number of piperazine rings is 1. The number of hydrogen-bond donors (Lipinski definition) is 0. The fourth-order valence-electron chi connectivity index (χ4n) is 3.61. The van der Waals surface area contributed by atoms with Crippen LogP contribution >= 0.6 is 11.3 Å². The molecule has 0 saturated carbocycles. The van der Waals surface area contributed by atoms with Crippen molar-refractivity contribution in [2.75, 3.05) is 31.1 Å². The molecule has 0 unspecified atom stereocenters. The van der Waals surface area contributed by atoms with Gasteiger partial charge in [0.05, 0.1) is 0 Å². The van der Waals surface area contributed by atoms with Crippen molar-refractivity contribution in [3.05, 3.63) is 84.1 Å². The maximum atomic E-state index is 12.9. The SMILES string of the molecule is O=C(c1ccc(OCc2ccccc2)cc1)N1CCN(c2nc3cccnc3s2)CC1. The van der Waals surface area contributed by atoms with Gasteiger partial charge in [-0.3, -0.25) is 4.79 Å². The molecular weight excluding hydrogens is 408 g/mol. The summed E-state index contributed by atoms with van der Waals surface area (Å²) in [4.78, 5) is 27.1. The van der Waals surface area contributed by atoms with E-state index >= 15 is 0 Å². The number of carbonyl (C=O) groups excluding carboxylic acids is 1. The normalized spacial score (nSPS) is 14.1.